The zero-order valence-corrected chi connectivity index (χ0v) is 15.0. The highest BCUT2D eigenvalue weighted by molar-refractivity contribution is 5.85. The number of carbonyl (C=O) groups excluding carboxylic acids is 2. The van der Waals surface area contributed by atoms with Crippen molar-refractivity contribution in [2.45, 2.75) is 13.0 Å². The van der Waals surface area contributed by atoms with E-state index in [9.17, 15) is 9.59 Å². The predicted octanol–water partition coefficient (Wildman–Crippen LogP) is 1.28. The van der Waals surface area contributed by atoms with Crippen LogP contribution < -0.4 is 24.8 Å². The molecule has 26 heavy (non-hydrogen) atoms. The van der Waals surface area contributed by atoms with Crippen LogP contribution in [0.2, 0.25) is 0 Å². The van der Waals surface area contributed by atoms with Gasteiger partial charge in [-0.25, -0.2) is 0 Å². The Morgan fingerprint density at radius 2 is 1.69 bits per heavy atom. The van der Waals surface area contributed by atoms with Crippen LogP contribution in [0, 0.1) is 0 Å². The Morgan fingerprint density at radius 1 is 1.00 bits per heavy atom. The quantitative estimate of drug-likeness (QED) is 0.697. The van der Waals surface area contributed by atoms with Gasteiger partial charge in [0.05, 0.1) is 47.1 Å². The lowest BCUT2D eigenvalue weighted by atomic mass is 10.1. The monoisotopic (exact) mass is 362 g/mol. The predicted molar refractivity (Wildman–Crippen MR) is 93.4 cm³/mol. The summed E-state index contributed by atoms with van der Waals surface area (Å²) >= 11 is 0. The topological polar surface area (TPSA) is 99.0 Å². The average Bonchev–Trinajstić information content (AvgIpc) is 3.17. The summed E-state index contributed by atoms with van der Waals surface area (Å²) in [5.74, 6) is 1.42. The number of methoxy groups -OCH3 is 3. The summed E-state index contributed by atoms with van der Waals surface area (Å²) in [5.41, 5.74) is 0.674. The molecule has 0 aliphatic rings. The molecule has 2 aromatic rings. The lowest BCUT2D eigenvalue weighted by Crippen LogP contribution is -2.37. The van der Waals surface area contributed by atoms with Gasteiger partial charge in [0.1, 0.15) is 5.76 Å². The van der Waals surface area contributed by atoms with Crippen LogP contribution in [0.1, 0.15) is 11.3 Å². The van der Waals surface area contributed by atoms with E-state index in [2.05, 4.69) is 10.6 Å². The van der Waals surface area contributed by atoms with Gasteiger partial charge >= 0.3 is 0 Å². The minimum Gasteiger partial charge on any atom is -0.493 e. The summed E-state index contributed by atoms with van der Waals surface area (Å²) in [6.07, 6.45) is 1.60. The number of nitrogens with one attached hydrogen (secondary N) is 2. The molecular formula is C18H22N2O6. The van der Waals surface area contributed by atoms with E-state index in [0.717, 1.165) is 0 Å². The largest absolute Gasteiger partial charge is 0.493 e. The molecule has 140 valence electrons. The molecule has 2 rings (SSSR count). The second kappa shape index (κ2) is 9.36. The van der Waals surface area contributed by atoms with Crippen LogP contribution >= 0.6 is 0 Å². The highest BCUT2D eigenvalue weighted by Crippen LogP contribution is 2.38. The maximum atomic E-state index is 12.1. The summed E-state index contributed by atoms with van der Waals surface area (Å²) in [6.45, 7) is 0.151. The number of carbonyl (C=O) groups is 2. The third-order valence-electron chi connectivity index (χ3n) is 3.58. The number of benzene rings is 1. The van der Waals surface area contributed by atoms with E-state index in [1.54, 1.807) is 24.3 Å². The normalized spacial score (nSPS) is 10.1. The summed E-state index contributed by atoms with van der Waals surface area (Å²) in [5, 5.41) is 5.22. The van der Waals surface area contributed by atoms with Gasteiger partial charge in [-0.05, 0) is 29.8 Å². The Balaban J connectivity index is 1.87. The van der Waals surface area contributed by atoms with Crippen LogP contribution in [-0.2, 0) is 22.6 Å². The molecule has 0 saturated carbocycles. The molecule has 0 aliphatic carbocycles. The molecule has 0 spiro atoms. The fourth-order valence-corrected chi connectivity index (χ4v) is 2.33. The van der Waals surface area contributed by atoms with Crippen LogP contribution in [-0.4, -0.2) is 39.7 Å². The van der Waals surface area contributed by atoms with Gasteiger partial charge in [0.25, 0.3) is 0 Å². The number of rotatable bonds is 9. The SMILES string of the molecule is COc1cc(CC(=O)NCC(=O)NCc2ccco2)cc(OC)c1OC. The second-order valence-electron chi connectivity index (χ2n) is 5.34. The summed E-state index contributed by atoms with van der Waals surface area (Å²) in [4.78, 5) is 23.8. The Morgan fingerprint density at radius 3 is 2.23 bits per heavy atom. The molecule has 2 N–H and O–H groups in total. The first-order valence-electron chi connectivity index (χ1n) is 7.92. The van der Waals surface area contributed by atoms with Crippen molar-refractivity contribution in [3.63, 3.8) is 0 Å². The van der Waals surface area contributed by atoms with Crippen molar-refractivity contribution in [1.29, 1.82) is 0 Å². The first-order valence-corrected chi connectivity index (χ1v) is 7.92. The summed E-state index contributed by atoms with van der Waals surface area (Å²) in [6, 6.07) is 6.87. The van der Waals surface area contributed by atoms with Crippen molar-refractivity contribution in [3.8, 4) is 17.2 Å². The van der Waals surface area contributed by atoms with Gasteiger partial charge in [-0.2, -0.15) is 0 Å². The van der Waals surface area contributed by atoms with E-state index in [1.807, 2.05) is 0 Å². The Kier molecular flexibility index (Phi) is 6.90. The molecule has 0 unspecified atom stereocenters. The zero-order valence-electron chi connectivity index (χ0n) is 15.0. The van der Waals surface area contributed by atoms with Crippen molar-refractivity contribution in [3.05, 3.63) is 41.9 Å². The van der Waals surface area contributed by atoms with E-state index in [4.69, 9.17) is 18.6 Å². The minimum atomic E-state index is -0.306. The van der Waals surface area contributed by atoms with E-state index >= 15 is 0 Å². The third kappa shape index (κ3) is 5.17. The highest BCUT2D eigenvalue weighted by atomic mass is 16.5. The third-order valence-corrected chi connectivity index (χ3v) is 3.58. The fourth-order valence-electron chi connectivity index (χ4n) is 2.33. The fraction of sp³-hybridized carbons (Fsp3) is 0.333. The van der Waals surface area contributed by atoms with Crippen LogP contribution in [0.15, 0.2) is 34.9 Å². The molecular weight excluding hydrogens is 340 g/mol. The van der Waals surface area contributed by atoms with Crippen LogP contribution in [0.4, 0.5) is 0 Å². The minimum absolute atomic E-state index is 0.0716. The van der Waals surface area contributed by atoms with Gasteiger partial charge in [-0.1, -0.05) is 0 Å². The molecule has 0 bridgehead atoms. The zero-order chi connectivity index (χ0) is 18.9. The van der Waals surface area contributed by atoms with Gasteiger partial charge in [-0.3, -0.25) is 9.59 Å². The lowest BCUT2D eigenvalue weighted by molar-refractivity contribution is -0.125. The molecule has 0 fully saturated rings. The van der Waals surface area contributed by atoms with Crippen molar-refractivity contribution in [2.24, 2.45) is 0 Å². The van der Waals surface area contributed by atoms with Crippen LogP contribution in [0.25, 0.3) is 0 Å². The highest BCUT2D eigenvalue weighted by Gasteiger charge is 2.15. The van der Waals surface area contributed by atoms with Gasteiger partial charge in [0.15, 0.2) is 11.5 Å². The van der Waals surface area contributed by atoms with E-state index in [-0.39, 0.29) is 31.3 Å². The average molecular weight is 362 g/mol. The van der Waals surface area contributed by atoms with E-state index < -0.39 is 0 Å². The number of amides is 2. The molecule has 0 atom stereocenters. The molecule has 1 aromatic heterocycles. The Bertz CT molecular complexity index is 717. The van der Waals surface area contributed by atoms with E-state index in [1.165, 1.54) is 27.6 Å². The van der Waals surface area contributed by atoms with Crippen LogP contribution in [0.3, 0.4) is 0 Å². The molecule has 2 amide bonds. The maximum Gasteiger partial charge on any atom is 0.239 e. The lowest BCUT2D eigenvalue weighted by Gasteiger charge is -2.14. The van der Waals surface area contributed by atoms with Gasteiger partial charge in [0.2, 0.25) is 17.6 Å². The smallest absolute Gasteiger partial charge is 0.239 e. The molecule has 8 heteroatoms. The summed E-state index contributed by atoms with van der Waals surface area (Å²) < 4.78 is 20.9. The van der Waals surface area contributed by atoms with Crippen molar-refractivity contribution in [2.75, 3.05) is 27.9 Å². The number of ether oxygens (including phenoxy) is 3. The second-order valence-corrected chi connectivity index (χ2v) is 5.34. The molecule has 0 saturated heterocycles. The van der Waals surface area contributed by atoms with Gasteiger partial charge in [0, 0.05) is 0 Å². The number of hydrogen-bond acceptors (Lipinski definition) is 6. The molecule has 1 heterocycles. The van der Waals surface area contributed by atoms with Crippen molar-refractivity contribution < 1.29 is 28.2 Å². The Labute approximate surface area is 151 Å². The van der Waals surface area contributed by atoms with Crippen molar-refractivity contribution in [1.82, 2.24) is 10.6 Å². The van der Waals surface area contributed by atoms with E-state index in [0.29, 0.717) is 28.6 Å². The first-order chi connectivity index (χ1) is 12.6. The molecule has 0 radical (unpaired) electrons. The Hall–Kier alpha value is -3.16. The number of hydrogen-bond donors (Lipinski definition) is 2. The molecule has 8 nitrogen and oxygen atoms in total. The standard InChI is InChI=1S/C18H22N2O6/c1-23-14-7-12(8-15(24-2)18(14)25-3)9-16(21)20-11-17(22)19-10-13-5-4-6-26-13/h4-8H,9-11H2,1-3H3,(H,19,22)(H,20,21). The van der Waals surface area contributed by atoms with Crippen molar-refractivity contribution >= 4 is 11.8 Å². The first kappa shape index (κ1) is 19.2. The maximum absolute atomic E-state index is 12.1. The van der Waals surface area contributed by atoms with Crippen LogP contribution in [0.5, 0.6) is 17.2 Å². The van der Waals surface area contributed by atoms with Gasteiger partial charge < -0.3 is 29.3 Å². The van der Waals surface area contributed by atoms with Gasteiger partial charge in [-0.15, -0.1) is 0 Å². The molecule has 0 aliphatic heterocycles. The summed E-state index contributed by atoms with van der Waals surface area (Å²) in [7, 11) is 4.52. The number of furan rings is 1. The molecule has 1 aromatic carbocycles.